The molecule has 1 aromatic heterocycles. The molecule has 0 aliphatic heterocycles. The first-order valence-electron chi connectivity index (χ1n) is 9.23. The molecule has 5 nitrogen and oxygen atoms in total. The maximum atomic E-state index is 13.2. The van der Waals surface area contributed by atoms with Crippen LogP contribution in [0.15, 0.2) is 33.7 Å². The highest BCUT2D eigenvalue weighted by Crippen LogP contribution is 2.43. The fourth-order valence-corrected chi connectivity index (χ4v) is 3.32. The average molecular weight is 486 g/mol. The van der Waals surface area contributed by atoms with Gasteiger partial charge in [-0.15, -0.1) is 24.0 Å². The van der Waals surface area contributed by atoms with Gasteiger partial charge in [-0.25, -0.2) is 14.4 Å². The zero-order chi connectivity index (χ0) is 18.6. The maximum Gasteiger partial charge on any atom is 0.216 e. The van der Waals surface area contributed by atoms with Crippen molar-refractivity contribution in [3.8, 4) is 0 Å². The van der Waals surface area contributed by atoms with E-state index in [1.54, 1.807) is 12.1 Å². The van der Waals surface area contributed by atoms with Gasteiger partial charge in [0.2, 0.25) is 5.89 Å². The summed E-state index contributed by atoms with van der Waals surface area (Å²) in [6.07, 6.45) is 3.40. The molecule has 1 aliphatic carbocycles. The van der Waals surface area contributed by atoms with Crippen molar-refractivity contribution in [1.29, 1.82) is 0 Å². The lowest BCUT2D eigenvalue weighted by atomic mass is 9.64. The molecule has 2 N–H and O–H groups in total. The minimum atomic E-state index is -0.192. The van der Waals surface area contributed by atoms with Gasteiger partial charge in [0.15, 0.2) is 5.96 Å². The predicted molar refractivity (Wildman–Crippen MR) is 116 cm³/mol. The highest BCUT2D eigenvalue weighted by Gasteiger charge is 2.38. The number of aryl methyl sites for hydroxylation is 2. The molecule has 148 valence electrons. The van der Waals surface area contributed by atoms with E-state index in [1.165, 1.54) is 12.0 Å². The number of hydrogen-bond acceptors (Lipinski definition) is 3. The van der Waals surface area contributed by atoms with Gasteiger partial charge in [0.1, 0.15) is 18.1 Å². The Labute approximate surface area is 177 Å². The molecule has 27 heavy (non-hydrogen) atoms. The Morgan fingerprint density at radius 3 is 2.44 bits per heavy atom. The summed E-state index contributed by atoms with van der Waals surface area (Å²) in [5.41, 5.74) is 2.14. The first kappa shape index (κ1) is 21.7. The van der Waals surface area contributed by atoms with E-state index in [0.717, 1.165) is 43.3 Å². The Morgan fingerprint density at radius 1 is 1.22 bits per heavy atom. The van der Waals surface area contributed by atoms with Gasteiger partial charge >= 0.3 is 0 Å². The van der Waals surface area contributed by atoms with E-state index < -0.39 is 0 Å². The Balaban J connectivity index is 0.00000261. The van der Waals surface area contributed by atoms with Crippen molar-refractivity contribution in [3.05, 3.63) is 53.0 Å². The lowest BCUT2D eigenvalue weighted by Crippen LogP contribution is -2.48. The maximum absolute atomic E-state index is 13.2. The van der Waals surface area contributed by atoms with Crippen molar-refractivity contribution in [2.45, 2.75) is 52.0 Å². The third kappa shape index (κ3) is 5.21. The van der Waals surface area contributed by atoms with Crippen LogP contribution in [-0.4, -0.2) is 24.0 Å². The second-order valence-electron chi connectivity index (χ2n) is 6.94. The molecule has 0 amide bonds. The molecular formula is C20H28FIN4O. The fourth-order valence-electron chi connectivity index (χ4n) is 3.32. The van der Waals surface area contributed by atoms with Gasteiger partial charge in [0, 0.05) is 18.5 Å². The molecule has 0 unspecified atom stereocenters. The molecule has 2 aromatic rings. The summed E-state index contributed by atoms with van der Waals surface area (Å²) in [7, 11) is 0. The van der Waals surface area contributed by atoms with Gasteiger partial charge in [-0.1, -0.05) is 18.6 Å². The van der Waals surface area contributed by atoms with Crippen LogP contribution in [0.5, 0.6) is 0 Å². The molecule has 1 heterocycles. The molecule has 0 spiro atoms. The van der Waals surface area contributed by atoms with Crippen molar-refractivity contribution in [2.24, 2.45) is 4.99 Å². The summed E-state index contributed by atoms with van der Waals surface area (Å²) in [5.74, 6) is 2.00. The minimum absolute atomic E-state index is 0. The van der Waals surface area contributed by atoms with E-state index in [2.05, 4.69) is 20.6 Å². The number of guanidine groups is 1. The van der Waals surface area contributed by atoms with Crippen LogP contribution in [0, 0.1) is 19.7 Å². The van der Waals surface area contributed by atoms with Crippen molar-refractivity contribution >= 4 is 29.9 Å². The number of nitrogens with one attached hydrogen (secondary N) is 2. The van der Waals surface area contributed by atoms with Gasteiger partial charge in [0.25, 0.3) is 0 Å². The van der Waals surface area contributed by atoms with Gasteiger partial charge in [-0.3, -0.25) is 0 Å². The van der Waals surface area contributed by atoms with Crippen LogP contribution in [0.4, 0.5) is 4.39 Å². The summed E-state index contributed by atoms with van der Waals surface area (Å²) < 4.78 is 18.8. The Kier molecular flexibility index (Phi) is 7.64. The second kappa shape index (κ2) is 9.52. The SMILES string of the molecule is CCNC(=NCc1nc(C)c(C)o1)NCC1(c2ccc(F)cc2)CCC1.I. The molecule has 1 saturated carbocycles. The van der Waals surface area contributed by atoms with Crippen molar-refractivity contribution in [1.82, 2.24) is 15.6 Å². The fraction of sp³-hybridized carbons (Fsp3) is 0.500. The molecular weight excluding hydrogens is 458 g/mol. The van der Waals surface area contributed by atoms with Crippen LogP contribution in [-0.2, 0) is 12.0 Å². The Bertz CT molecular complexity index is 749. The zero-order valence-corrected chi connectivity index (χ0v) is 18.5. The number of halogens is 2. The van der Waals surface area contributed by atoms with Gasteiger partial charge in [-0.05, 0) is 51.3 Å². The summed E-state index contributed by atoms with van der Waals surface area (Å²) in [6, 6.07) is 6.89. The molecule has 1 aromatic carbocycles. The predicted octanol–water partition coefficient (Wildman–Crippen LogP) is 4.23. The number of nitrogens with zero attached hydrogens (tertiary/aromatic N) is 2. The highest BCUT2D eigenvalue weighted by molar-refractivity contribution is 14.0. The van der Waals surface area contributed by atoms with Crippen LogP contribution in [0.3, 0.4) is 0 Å². The number of rotatable bonds is 6. The van der Waals surface area contributed by atoms with Crippen LogP contribution in [0.1, 0.15) is 49.1 Å². The van der Waals surface area contributed by atoms with Crippen LogP contribution < -0.4 is 10.6 Å². The third-order valence-corrected chi connectivity index (χ3v) is 5.15. The number of oxazole rings is 1. The molecule has 7 heteroatoms. The molecule has 1 aliphatic rings. The molecule has 0 saturated heterocycles. The Hall–Kier alpha value is -1.64. The van der Waals surface area contributed by atoms with Crippen molar-refractivity contribution in [2.75, 3.05) is 13.1 Å². The van der Waals surface area contributed by atoms with E-state index in [9.17, 15) is 4.39 Å². The van der Waals surface area contributed by atoms with Crippen LogP contribution >= 0.6 is 24.0 Å². The van der Waals surface area contributed by atoms with Crippen LogP contribution in [0.2, 0.25) is 0 Å². The number of aliphatic imine (C=N–C) groups is 1. The quantitative estimate of drug-likeness (QED) is 0.365. The zero-order valence-electron chi connectivity index (χ0n) is 16.1. The highest BCUT2D eigenvalue weighted by atomic mass is 127. The lowest BCUT2D eigenvalue weighted by Gasteiger charge is -2.43. The van der Waals surface area contributed by atoms with Crippen LogP contribution in [0.25, 0.3) is 0 Å². The monoisotopic (exact) mass is 486 g/mol. The summed E-state index contributed by atoms with van der Waals surface area (Å²) in [5, 5.41) is 6.71. The van der Waals surface area contributed by atoms with Gasteiger partial charge in [0.05, 0.1) is 5.69 Å². The number of aromatic nitrogens is 1. The van der Waals surface area contributed by atoms with Gasteiger partial charge < -0.3 is 15.1 Å². The number of hydrogen-bond donors (Lipinski definition) is 2. The van der Waals surface area contributed by atoms with Crippen molar-refractivity contribution < 1.29 is 8.81 Å². The van der Waals surface area contributed by atoms with Gasteiger partial charge in [-0.2, -0.15) is 0 Å². The molecule has 0 atom stereocenters. The molecule has 0 bridgehead atoms. The second-order valence-corrected chi connectivity index (χ2v) is 6.94. The topological polar surface area (TPSA) is 62.5 Å². The van der Waals surface area contributed by atoms with E-state index in [4.69, 9.17) is 4.42 Å². The average Bonchev–Trinajstić information content (AvgIpc) is 2.91. The molecule has 0 radical (unpaired) electrons. The first-order valence-corrected chi connectivity index (χ1v) is 9.23. The van der Waals surface area contributed by atoms with E-state index in [0.29, 0.717) is 12.4 Å². The van der Waals surface area contributed by atoms with Crippen molar-refractivity contribution in [3.63, 3.8) is 0 Å². The van der Waals surface area contributed by atoms with E-state index in [-0.39, 0.29) is 35.2 Å². The molecule has 1 fully saturated rings. The summed E-state index contributed by atoms with van der Waals surface area (Å²) >= 11 is 0. The largest absolute Gasteiger partial charge is 0.444 e. The number of benzene rings is 1. The standard InChI is InChI=1S/C20H27FN4O.HI/c1-4-22-19(23-12-18-25-14(2)15(3)26-18)24-13-20(10-5-11-20)16-6-8-17(21)9-7-16;/h6-9H,4-5,10-13H2,1-3H3,(H2,22,23,24);1H. The normalized spacial score (nSPS) is 15.6. The van der Waals surface area contributed by atoms with E-state index in [1.807, 2.05) is 32.9 Å². The smallest absolute Gasteiger partial charge is 0.216 e. The molecule has 3 rings (SSSR count). The Morgan fingerprint density at radius 2 is 1.93 bits per heavy atom. The summed E-state index contributed by atoms with van der Waals surface area (Å²) in [6.45, 7) is 7.82. The lowest BCUT2D eigenvalue weighted by molar-refractivity contribution is 0.243. The third-order valence-electron chi connectivity index (χ3n) is 5.15. The van der Waals surface area contributed by atoms with E-state index >= 15 is 0 Å². The minimum Gasteiger partial charge on any atom is -0.444 e. The summed E-state index contributed by atoms with van der Waals surface area (Å²) in [4.78, 5) is 8.96. The first-order chi connectivity index (χ1) is 12.5.